The Morgan fingerprint density at radius 1 is 1.52 bits per heavy atom. The van der Waals surface area contributed by atoms with Crippen LogP contribution in [0.25, 0.3) is 0 Å². The van der Waals surface area contributed by atoms with E-state index in [2.05, 4.69) is 15.6 Å². The van der Waals surface area contributed by atoms with E-state index in [4.69, 9.17) is 9.36 Å². The first kappa shape index (κ1) is 16.1. The summed E-state index contributed by atoms with van der Waals surface area (Å²) in [6.45, 7) is 3.18. The number of aryl methyl sites for hydroxylation is 1. The van der Waals surface area contributed by atoms with E-state index >= 15 is 0 Å². The summed E-state index contributed by atoms with van der Waals surface area (Å²) in [6.07, 6.45) is 0.272. The van der Waals surface area contributed by atoms with Gasteiger partial charge < -0.3 is 14.7 Å². The molecule has 0 unspecified atom stereocenters. The number of aromatic nitrogens is 1. The predicted octanol–water partition coefficient (Wildman–Crippen LogP) is 2.27. The topological polar surface area (TPSA) is 120 Å². The van der Waals surface area contributed by atoms with Gasteiger partial charge in [0.1, 0.15) is 5.76 Å². The molecule has 0 fully saturated rings. The molecule has 0 saturated carbocycles. The van der Waals surface area contributed by atoms with Crippen LogP contribution in [-0.4, -0.2) is 28.3 Å². The van der Waals surface area contributed by atoms with Gasteiger partial charge in [-0.25, -0.2) is 0 Å². The molecule has 0 aliphatic carbocycles. The normalized spacial score (nSPS) is 12.1. The number of rotatable bonds is 6. The van der Waals surface area contributed by atoms with Crippen molar-refractivity contribution in [3.63, 3.8) is 0 Å². The first-order valence-electron chi connectivity index (χ1n) is 6.64. The number of nitrogens with zero attached hydrogens (tertiary/aromatic N) is 3. The maximum atomic E-state index is 11.8. The molecule has 1 heterocycles. The monoisotopic (exact) mass is 318 g/mol. The van der Waals surface area contributed by atoms with Crippen molar-refractivity contribution in [3.8, 4) is 0 Å². The number of nitrogens with one attached hydrogen (secondary N) is 1. The second-order valence-corrected chi connectivity index (χ2v) is 4.61. The van der Waals surface area contributed by atoms with Gasteiger partial charge in [0.2, 0.25) is 6.10 Å². The fourth-order valence-corrected chi connectivity index (χ4v) is 1.64. The van der Waals surface area contributed by atoms with Crippen molar-refractivity contribution in [3.05, 3.63) is 51.8 Å². The summed E-state index contributed by atoms with van der Waals surface area (Å²) in [6, 6.07) is 7.61. The van der Waals surface area contributed by atoms with Gasteiger partial charge in [-0.3, -0.25) is 14.9 Å². The molecule has 1 N–H and O–H groups in total. The van der Waals surface area contributed by atoms with Crippen LogP contribution in [-0.2, 0) is 9.63 Å². The summed E-state index contributed by atoms with van der Waals surface area (Å²) in [5.41, 5.74) is 0.173. The SMILES string of the molecule is Cc1cc(NC(=O)[C@H](C)O/N=C\c2ccccc2[N+](=O)[O-])no1. The molecule has 0 bridgehead atoms. The van der Waals surface area contributed by atoms with E-state index in [0.717, 1.165) is 0 Å². The van der Waals surface area contributed by atoms with Crippen molar-refractivity contribution in [2.75, 3.05) is 5.32 Å². The second-order valence-electron chi connectivity index (χ2n) is 4.61. The average Bonchev–Trinajstić information content (AvgIpc) is 2.92. The van der Waals surface area contributed by atoms with Crippen LogP contribution in [0.15, 0.2) is 40.0 Å². The van der Waals surface area contributed by atoms with E-state index in [1.807, 2.05) is 0 Å². The molecule has 9 heteroatoms. The van der Waals surface area contributed by atoms with Gasteiger partial charge in [0.05, 0.1) is 16.7 Å². The molecule has 1 atom stereocenters. The van der Waals surface area contributed by atoms with Gasteiger partial charge in [0.15, 0.2) is 5.82 Å². The minimum absolute atomic E-state index is 0.102. The summed E-state index contributed by atoms with van der Waals surface area (Å²) in [5, 5.41) is 20.6. The van der Waals surface area contributed by atoms with Crippen molar-refractivity contribution in [2.45, 2.75) is 20.0 Å². The molecule has 1 amide bonds. The Labute approximate surface area is 131 Å². The van der Waals surface area contributed by atoms with E-state index in [0.29, 0.717) is 5.76 Å². The average molecular weight is 318 g/mol. The Hall–Kier alpha value is -3.23. The van der Waals surface area contributed by atoms with Crippen molar-refractivity contribution in [2.24, 2.45) is 5.16 Å². The van der Waals surface area contributed by atoms with Crippen LogP contribution in [0.1, 0.15) is 18.2 Å². The second kappa shape index (κ2) is 7.16. The number of para-hydroxylation sites is 1. The molecular weight excluding hydrogens is 304 g/mol. The predicted molar refractivity (Wildman–Crippen MR) is 81.1 cm³/mol. The summed E-state index contributed by atoms with van der Waals surface area (Å²) >= 11 is 0. The lowest BCUT2D eigenvalue weighted by molar-refractivity contribution is -0.385. The van der Waals surface area contributed by atoms with Crippen LogP contribution in [0.5, 0.6) is 0 Å². The fourth-order valence-electron chi connectivity index (χ4n) is 1.64. The maximum absolute atomic E-state index is 11.8. The van der Waals surface area contributed by atoms with Crippen LogP contribution in [0.3, 0.4) is 0 Å². The number of anilines is 1. The van der Waals surface area contributed by atoms with E-state index in [-0.39, 0.29) is 17.1 Å². The van der Waals surface area contributed by atoms with Crippen LogP contribution in [0, 0.1) is 17.0 Å². The molecule has 9 nitrogen and oxygen atoms in total. The lowest BCUT2D eigenvalue weighted by Crippen LogP contribution is -2.26. The first-order chi connectivity index (χ1) is 11.0. The highest BCUT2D eigenvalue weighted by Gasteiger charge is 2.16. The zero-order valence-corrected chi connectivity index (χ0v) is 12.4. The number of nitro groups is 1. The third kappa shape index (κ3) is 4.37. The Kier molecular flexibility index (Phi) is 5.03. The van der Waals surface area contributed by atoms with Gasteiger partial charge in [0, 0.05) is 12.1 Å². The molecule has 0 radical (unpaired) electrons. The Morgan fingerprint density at radius 2 is 2.26 bits per heavy atom. The molecule has 0 aliphatic rings. The number of benzene rings is 1. The Bertz CT molecular complexity index is 740. The number of hydrogen-bond donors (Lipinski definition) is 1. The highest BCUT2D eigenvalue weighted by molar-refractivity contribution is 5.93. The minimum Gasteiger partial charge on any atom is -0.383 e. The summed E-state index contributed by atoms with van der Waals surface area (Å²) < 4.78 is 4.82. The lowest BCUT2D eigenvalue weighted by atomic mass is 10.2. The molecule has 0 saturated heterocycles. The van der Waals surface area contributed by atoms with E-state index in [1.54, 1.807) is 25.1 Å². The Balaban J connectivity index is 1.94. The number of amides is 1. The maximum Gasteiger partial charge on any atom is 0.278 e. The summed E-state index contributed by atoms with van der Waals surface area (Å²) in [4.78, 5) is 27.2. The van der Waals surface area contributed by atoms with Gasteiger partial charge in [-0.15, -0.1) is 0 Å². The largest absolute Gasteiger partial charge is 0.383 e. The summed E-state index contributed by atoms with van der Waals surface area (Å²) in [5.74, 6) is 0.354. The van der Waals surface area contributed by atoms with E-state index in [1.165, 1.54) is 25.3 Å². The summed E-state index contributed by atoms with van der Waals surface area (Å²) in [7, 11) is 0. The number of oxime groups is 1. The van der Waals surface area contributed by atoms with Crippen molar-refractivity contribution in [1.29, 1.82) is 0 Å². The van der Waals surface area contributed by atoms with Crippen molar-refractivity contribution >= 4 is 23.6 Å². The Morgan fingerprint density at radius 3 is 2.91 bits per heavy atom. The third-order valence-electron chi connectivity index (χ3n) is 2.79. The smallest absolute Gasteiger partial charge is 0.278 e. The van der Waals surface area contributed by atoms with E-state index in [9.17, 15) is 14.9 Å². The zero-order chi connectivity index (χ0) is 16.8. The van der Waals surface area contributed by atoms with Gasteiger partial charge in [-0.1, -0.05) is 22.4 Å². The quantitative estimate of drug-likeness (QED) is 0.495. The number of nitro benzene ring substituents is 1. The molecule has 0 aliphatic heterocycles. The third-order valence-corrected chi connectivity index (χ3v) is 2.79. The number of carbonyl (C=O) groups is 1. The molecule has 2 aromatic rings. The zero-order valence-electron chi connectivity index (χ0n) is 12.4. The fraction of sp³-hybridized carbons (Fsp3) is 0.214. The molecule has 1 aromatic carbocycles. The lowest BCUT2D eigenvalue weighted by Gasteiger charge is -2.08. The highest BCUT2D eigenvalue weighted by atomic mass is 16.6. The van der Waals surface area contributed by atoms with Crippen molar-refractivity contribution in [1.82, 2.24) is 5.16 Å². The van der Waals surface area contributed by atoms with Crippen LogP contribution < -0.4 is 5.32 Å². The van der Waals surface area contributed by atoms with Crippen LogP contribution in [0.4, 0.5) is 11.5 Å². The van der Waals surface area contributed by atoms with Gasteiger partial charge in [-0.2, -0.15) is 0 Å². The van der Waals surface area contributed by atoms with Gasteiger partial charge in [-0.05, 0) is 19.9 Å². The number of carbonyl (C=O) groups excluding carboxylic acids is 1. The van der Waals surface area contributed by atoms with Crippen molar-refractivity contribution < 1.29 is 19.1 Å². The first-order valence-corrected chi connectivity index (χ1v) is 6.64. The van der Waals surface area contributed by atoms with Crippen LogP contribution in [0.2, 0.25) is 0 Å². The number of hydrogen-bond acceptors (Lipinski definition) is 7. The molecule has 23 heavy (non-hydrogen) atoms. The van der Waals surface area contributed by atoms with E-state index < -0.39 is 16.9 Å². The molecule has 1 aromatic heterocycles. The molecule has 2 rings (SSSR count). The van der Waals surface area contributed by atoms with Crippen LogP contribution >= 0.6 is 0 Å². The highest BCUT2D eigenvalue weighted by Crippen LogP contribution is 2.15. The minimum atomic E-state index is -0.911. The molecule has 0 spiro atoms. The molecule has 120 valence electrons. The molecular formula is C14H14N4O5. The van der Waals surface area contributed by atoms with Gasteiger partial charge >= 0.3 is 0 Å². The standard InChI is InChI=1S/C14H14N4O5/c1-9-7-13(17-22-9)16-14(19)10(2)23-15-8-11-5-3-4-6-12(11)18(20)21/h3-8,10H,1-2H3,(H,16,17,19)/b15-8-/t10-/m0/s1. The van der Waals surface area contributed by atoms with Gasteiger partial charge in [0.25, 0.3) is 11.6 Å².